The molecule has 5 rings (SSSR count). The first kappa shape index (κ1) is 19.2. The molecule has 1 radical (unpaired) electrons. The Hall–Kier alpha value is -3.80. The van der Waals surface area contributed by atoms with E-state index in [2.05, 4.69) is 5.32 Å². The van der Waals surface area contributed by atoms with Crippen molar-refractivity contribution in [3.8, 4) is 22.6 Å². The summed E-state index contributed by atoms with van der Waals surface area (Å²) in [5, 5.41) is 3.12. The van der Waals surface area contributed by atoms with Gasteiger partial charge in [0.2, 0.25) is 12.7 Å². The van der Waals surface area contributed by atoms with Gasteiger partial charge in [0, 0.05) is 11.3 Å². The lowest BCUT2D eigenvalue weighted by atomic mass is 9.94. The number of benzene rings is 3. The van der Waals surface area contributed by atoms with Gasteiger partial charge in [0.05, 0.1) is 5.41 Å². The van der Waals surface area contributed by atoms with Crippen molar-refractivity contribution < 1.29 is 19.1 Å². The highest BCUT2D eigenvalue weighted by Gasteiger charge is 2.51. The molecule has 0 spiro atoms. The van der Waals surface area contributed by atoms with E-state index in [0.29, 0.717) is 17.1 Å². The molecule has 0 unspecified atom stereocenters. The summed E-state index contributed by atoms with van der Waals surface area (Å²) in [5.41, 5.74) is 11.5. The van der Waals surface area contributed by atoms with Gasteiger partial charge in [0.25, 0.3) is 5.91 Å². The standard InChI is InChI=1S/C25H21N2O4/c1-15-2-3-18(16-4-6-17(7-5-16)23(26)28)12-20(15)27-24(29)25(10-11-25)19-8-9-21-22(13-19)31-14-30-21/h2-9,12-13,26H,10-11,14H2,1H3,(H,27,29). The number of anilines is 1. The van der Waals surface area contributed by atoms with Crippen LogP contribution in [0.3, 0.4) is 0 Å². The fraction of sp³-hybridized carbons (Fsp3) is 0.200. The molecule has 1 heterocycles. The lowest BCUT2D eigenvalue weighted by Gasteiger charge is -2.18. The fourth-order valence-electron chi connectivity index (χ4n) is 3.96. The second kappa shape index (κ2) is 7.16. The number of hydrogen-bond acceptors (Lipinski definition) is 4. The largest absolute Gasteiger partial charge is 0.454 e. The van der Waals surface area contributed by atoms with E-state index in [0.717, 1.165) is 40.8 Å². The Morgan fingerprint density at radius 1 is 0.903 bits per heavy atom. The number of carbonyl (C=O) groups is 2. The van der Waals surface area contributed by atoms with Crippen LogP contribution in [0, 0.1) is 6.92 Å². The normalized spacial score (nSPS) is 15.4. The number of rotatable bonds is 5. The summed E-state index contributed by atoms with van der Waals surface area (Å²) in [6, 6.07) is 18.5. The van der Waals surface area contributed by atoms with Crippen LogP contribution in [0.5, 0.6) is 11.5 Å². The molecule has 2 aliphatic rings. The molecule has 0 aromatic heterocycles. The summed E-state index contributed by atoms with van der Waals surface area (Å²) < 4.78 is 10.9. The third-order valence-electron chi connectivity index (χ3n) is 6.08. The molecule has 2 amide bonds. The van der Waals surface area contributed by atoms with Crippen molar-refractivity contribution >= 4 is 17.5 Å². The Balaban J connectivity index is 1.40. The van der Waals surface area contributed by atoms with Crippen molar-refractivity contribution in [3.63, 3.8) is 0 Å². The number of aryl methyl sites for hydroxylation is 1. The van der Waals surface area contributed by atoms with Crippen LogP contribution in [0.2, 0.25) is 0 Å². The van der Waals surface area contributed by atoms with Crippen LogP contribution in [0.25, 0.3) is 11.1 Å². The predicted octanol–water partition coefficient (Wildman–Crippen LogP) is 4.48. The van der Waals surface area contributed by atoms with Gasteiger partial charge in [-0.25, -0.2) is 0 Å². The highest BCUT2D eigenvalue weighted by molar-refractivity contribution is 6.02. The number of fused-ring (bicyclic) bond motifs is 1. The van der Waals surface area contributed by atoms with Crippen molar-refractivity contribution in [2.45, 2.75) is 25.2 Å². The van der Waals surface area contributed by atoms with Gasteiger partial charge in [-0.3, -0.25) is 15.3 Å². The predicted molar refractivity (Wildman–Crippen MR) is 116 cm³/mol. The Kier molecular flexibility index (Phi) is 4.43. The first-order valence-corrected chi connectivity index (χ1v) is 10.1. The Bertz CT molecular complexity index is 1200. The second-order valence-electron chi connectivity index (χ2n) is 8.04. The maximum Gasteiger partial charge on any atom is 0.269 e. The average Bonchev–Trinajstić information content (AvgIpc) is 3.46. The summed E-state index contributed by atoms with van der Waals surface area (Å²) in [7, 11) is 0. The van der Waals surface area contributed by atoms with Crippen LogP contribution in [0.4, 0.5) is 5.69 Å². The van der Waals surface area contributed by atoms with Gasteiger partial charge in [0.15, 0.2) is 11.5 Å². The number of hydrogen-bond donors (Lipinski definition) is 1. The number of carbonyl (C=O) groups excluding carboxylic acids is 2. The summed E-state index contributed by atoms with van der Waals surface area (Å²) >= 11 is 0. The minimum absolute atomic E-state index is 0.0261. The summed E-state index contributed by atoms with van der Waals surface area (Å²) in [6.45, 7) is 2.17. The Labute approximate surface area is 180 Å². The first-order chi connectivity index (χ1) is 15.0. The van der Waals surface area contributed by atoms with Crippen LogP contribution < -0.4 is 20.5 Å². The minimum Gasteiger partial charge on any atom is -0.454 e. The zero-order valence-electron chi connectivity index (χ0n) is 17.0. The zero-order valence-corrected chi connectivity index (χ0v) is 17.0. The van der Waals surface area contributed by atoms with Gasteiger partial charge in [-0.2, -0.15) is 0 Å². The second-order valence-corrected chi connectivity index (χ2v) is 8.04. The maximum atomic E-state index is 13.3. The molecule has 1 aliphatic carbocycles. The van der Waals surface area contributed by atoms with Gasteiger partial charge < -0.3 is 14.8 Å². The summed E-state index contributed by atoms with van der Waals surface area (Å²) in [4.78, 5) is 24.5. The van der Waals surface area contributed by atoms with E-state index in [4.69, 9.17) is 15.2 Å². The monoisotopic (exact) mass is 413 g/mol. The van der Waals surface area contributed by atoms with Crippen LogP contribution in [0.1, 0.15) is 34.3 Å². The van der Waals surface area contributed by atoms with E-state index < -0.39 is 11.3 Å². The Morgan fingerprint density at radius 2 is 1.61 bits per heavy atom. The molecule has 31 heavy (non-hydrogen) atoms. The topological polar surface area (TPSA) is 88.4 Å². The quantitative estimate of drug-likeness (QED) is 0.668. The fourth-order valence-corrected chi connectivity index (χ4v) is 3.96. The third kappa shape index (κ3) is 3.40. The molecule has 6 heteroatoms. The van der Waals surface area contributed by atoms with Gasteiger partial charge >= 0.3 is 0 Å². The molecular formula is C25H21N2O4. The first-order valence-electron chi connectivity index (χ1n) is 10.1. The van der Waals surface area contributed by atoms with E-state index in [1.807, 2.05) is 55.5 Å². The molecule has 0 saturated heterocycles. The molecular weight excluding hydrogens is 392 g/mol. The van der Waals surface area contributed by atoms with Crippen LogP contribution in [0.15, 0.2) is 60.7 Å². The molecule has 6 nitrogen and oxygen atoms in total. The van der Waals surface area contributed by atoms with Crippen LogP contribution in [-0.4, -0.2) is 18.6 Å². The highest BCUT2D eigenvalue weighted by atomic mass is 16.7. The smallest absolute Gasteiger partial charge is 0.269 e. The zero-order chi connectivity index (χ0) is 21.6. The molecule has 1 saturated carbocycles. The number of amides is 2. The van der Waals surface area contributed by atoms with E-state index in [-0.39, 0.29) is 12.7 Å². The summed E-state index contributed by atoms with van der Waals surface area (Å²) in [5.74, 6) is 0.662. The van der Waals surface area contributed by atoms with E-state index in [1.54, 1.807) is 12.1 Å². The van der Waals surface area contributed by atoms with Crippen molar-refractivity contribution in [1.29, 1.82) is 0 Å². The average molecular weight is 413 g/mol. The van der Waals surface area contributed by atoms with E-state index in [1.165, 1.54) is 0 Å². The molecule has 0 bridgehead atoms. The lowest BCUT2D eigenvalue weighted by molar-refractivity contribution is -0.118. The van der Waals surface area contributed by atoms with Gasteiger partial charge in [-0.05, 0) is 72.4 Å². The molecule has 155 valence electrons. The molecule has 1 fully saturated rings. The van der Waals surface area contributed by atoms with Crippen molar-refractivity contribution in [2.75, 3.05) is 12.1 Å². The van der Waals surface area contributed by atoms with Gasteiger partial charge in [-0.1, -0.05) is 30.3 Å². The van der Waals surface area contributed by atoms with Crippen molar-refractivity contribution in [3.05, 3.63) is 77.4 Å². The highest BCUT2D eigenvalue weighted by Crippen LogP contribution is 2.51. The Morgan fingerprint density at radius 3 is 2.32 bits per heavy atom. The van der Waals surface area contributed by atoms with Crippen molar-refractivity contribution in [1.82, 2.24) is 5.73 Å². The maximum absolute atomic E-state index is 13.3. The van der Waals surface area contributed by atoms with Gasteiger partial charge in [0.1, 0.15) is 0 Å². The molecule has 3 aromatic carbocycles. The molecule has 0 atom stereocenters. The van der Waals surface area contributed by atoms with Crippen LogP contribution in [-0.2, 0) is 10.2 Å². The minimum atomic E-state index is -0.707. The van der Waals surface area contributed by atoms with Crippen molar-refractivity contribution in [2.24, 2.45) is 0 Å². The lowest BCUT2D eigenvalue weighted by Crippen LogP contribution is -2.28. The van der Waals surface area contributed by atoms with Gasteiger partial charge in [-0.15, -0.1) is 0 Å². The SMILES string of the molecule is Cc1ccc(-c2ccc(C([NH])=O)cc2)cc1NC(=O)C1(c2ccc3c(c2)OCO3)CC1. The third-order valence-corrected chi connectivity index (χ3v) is 6.08. The molecule has 2 N–H and O–H groups in total. The van der Waals surface area contributed by atoms with E-state index >= 15 is 0 Å². The molecule has 3 aromatic rings. The van der Waals surface area contributed by atoms with E-state index in [9.17, 15) is 9.59 Å². The van der Waals surface area contributed by atoms with Crippen LogP contribution >= 0.6 is 0 Å². The number of ether oxygens (including phenoxy) is 2. The molecule has 1 aliphatic heterocycles. The summed E-state index contributed by atoms with van der Waals surface area (Å²) in [6.07, 6.45) is 1.58. The number of nitrogens with one attached hydrogen (secondary N) is 2.